The molecule has 0 aliphatic heterocycles. The Morgan fingerprint density at radius 3 is 0.504 bits per heavy atom. The SMILES string of the molecule is COC(=O)c1ccc(/C=C/c2cc(/C=C/c3ccc(C(C)=O)cc3)c(/C=C/c3ccc(C(C)=O)cc3)cc2/C=C/c2ccc(C(=O)OC)cc2)cc1.O=C(O)Cc1ccc(/C=C/c2cc(/C=C/c3ccc(CC(=O)O)cc3)cc(/C=C/c3ccc(CC(=O)O)cc3)c2)cc1.O=C(O)c1ccc(/C=C/c2cc(/C=C/c3ccc(C(=O)O)cc3)cc(/C=C/c3ccc(C(=O)O)cc3)c2)cc1. The minimum atomic E-state index is -0.975. The first kappa shape index (κ1) is 96.0. The third-order valence-corrected chi connectivity index (χ3v) is 20.7. The van der Waals surface area contributed by atoms with Crippen LogP contribution in [0.15, 0.2) is 291 Å². The molecule has 0 bridgehead atoms. The summed E-state index contributed by atoms with van der Waals surface area (Å²) in [7, 11) is 2.71. The number of rotatable bonds is 33. The Morgan fingerprint density at radius 2 is 0.346 bits per heavy atom. The largest absolute Gasteiger partial charge is 0.481 e. The van der Waals surface area contributed by atoms with Crippen molar-refractivity contribution < 1.29 is 88.1 Å². The third-order valence-electron chi connectivity index (χ3n) is 20.7. The molecule has 0 atom stereocenters. The summed E-state index contributed by atoms with van der Waals surface area (Å²) in [6.07, 6.45) is 39.5. The summed E-state index contributed by atoms with van der Waals surface area (Å²) < 4.78 is 9.68. The number of carboxylic acid groups (broad SMARTS) is 6. The summed E-state index contributed by atoms with van der Waals surface area (Å²) in [6.45, 7) is 3.10. The zero-order valence-corrected chi connectivity index (χ0v) is 73.0. The molecule has 0 aliphatic rings. The van der Waals surface area contributed by atoms with Crippen LogP contribution in [0.4, 0.5) is 0 Å². The van der Waals surface area contributed by atoms with Crippen LogP contribution in [0, 0.1) is 0 Å². The average molecular weight is 1760 g/mol. The van der Waals surface area contributed by atoms with E-state index in [2.05, 4.69) is 30.3 Å². The number of carboxylic acids is 6. The molecule has 0 amide bonds. The number of carbonyl (C=O) groups is 10. The molecule has 0 heterocycles. The van der Waals surface area contributed by atoms with E-state index in [0.717, 1.165) is 128 Å². The van der Waals surface area contributed by atoms with E-state index in [4.69, 9.17) is 40.1 Å². The smallest absolute Gasteiger partial charge is 0.337 e. The van der Waals surface area contributed by atoms with Gasteiger partial charge in [0.1, 0.15) is 0 Å². The number of hydrogen-bond donors (Lipinski definition) is 6. The maximum atomic E-state index is 12.0. The van der Waals surface area contributed by atoms with Gasteiger partial charge >= 0.3 is 47.8 Å². The van der Waals surface area contributed by atoms with E-state index in [0.29, 0.717) is 22.3 Å². The summed E-state index contributed by atoms with van der Waals surface area (Å²) in [4.78, 5) is 114. The van der Waals surface area contributed by atoms with E-state index in [-0.39, 0.29) is 47.5 Å². The van der Waals surface area contributed by atoms with Crippen molar-refractivity contribution in [3.05, 3.63) is 458 Å². The summed E-state index contributed by atoms with van der Waals surface area (Å²) in [6, 6.07) is 87.7. The second-order valence-electron chi connectivity index (χ2n) is 30.6. The molecule has 13 aromatic carbocycles. The molecule has 660 valence electrons. The number of aliphatic carboxylic acids is 3. The fourth-order valence-corrected chi connectivity index (χ4v) is 13.5. The first-order valence-electron chi connectivity index (χ1n) is 41.9. The van der Waals surface area contributed by atoms with Crippen LogP contribution in [0.25, 0.3) is 122 Å². The Hall–Kier alpha value is -17.6. The van der Waals surface area contributed by atoms with Crippen LogP contribution in [0.2, 0.25) is 0 Å². The first-order chi connectivity index (χ1) is 64.1. The molecule has 0 aliphatic carbocycles. The fraction of sp³-hybridized carbons (Fsp3) is 0.0609. The van der Waals surface area contributed by atoms with Crippen molar-refractivity contribution in [3.8, 4) is 0 Å². The molecule has 18 nitrogen and oxygen atoms in total. The predicted molar refractivity (Wildman–Crippen MR) is 531 cm³/mol. The minimum Gasteiger partial charge on any atom is -0.481 e. The number of esters is 2. The van der Waals surface area contributed by atoms with Gasteiger partial charge in [-0.3, -0.25) is 24.0 Å². The molecule has 133 heavy (non-hydrogen) atoms. The molecule has 0 spiro atoms. The first-order valence-corrected chi connectivity index (χ1v) is 41.9. The maximum Gasteiger partial charge on any atom is 0.337 e. The maximum absolute atomic E-state index is 12.0. The van der Waals surface area contributed by atoms with Crippen molar-refractivity contribution in [1.29, 1.82) is 0 Å². The molecular weight excluding hydrogens is 1670 g/mol. The Labute approximate surface area is 769 Å². The fourth-order valence-electron chi connectivity index (χ4n) is 13.5. The molecule has 13 aromatic rings. The zero-order chi connectivity index (χ0) is 94.7. The lowest BCUT2D eigenvalue weighted by Gasteiger charge is -2.10. The lowest BCUT2D eigenvalue weighted by Crippen LogP contribution is -2.00. The van der Waals surface area contributed by atoms with E-state index in [1.54, 1.807) is 111 Å². The topological polar surface area (TPSA) is 311 Å². The number of aromatic carboxylic acids is 3. The van der Waals surface area contributed by atoms with Crippen molar-refractivity contribution in [2.24, 2.45) is 0 Å². The number of ketones is 2. The predicted octanol–water partition coefficient (Wildman–Crippen LogP) is 24.7. The van der Waals surface area contributed by atoms with Gasteiger partial charge in [0.25, 0.3) is 0 Å². The van der Waals surface area contributed by atoms with Gasteiger partial charge in [-0.05, 0) is 251 Å². The Balaban J connectivity index is 0.000000195. The molecular formula is C115H92O18. The van der Waals surface area contributed by atoms with Crippen LogP contribution >= 0.6 is 0 Å². The normalized spacial score (nSPS) is 11.4. The summed E-state index contributed by atoms with van der Waals surface area (Å²) >= 11 is 0. The quantitative estimate of drug-likeness (QED) is 0.0126. The molecule has 18 heteroatoms. The van der Waals surface area contributed by atoms with Gasteiger partial charge in [0.05, 0.1) is 61.3 Å². The monoisotopic (exact) mass is 1760 g/mol. The summed E-state index contributed by atoms with van der Waals surface area (Å²) in [5, 5.41) is 54.3. The molecule has 0 saturated heterocycles. The highest BCUT2D eigenvalue weighted by molar-refractivity contribution is 5.97. The van der Waals surface area contributed by atoms with Crippen molar-refractivity contribution in [1.82, 2.24) is 0 Å². The summed E-state index contributed by atoms with van der Waals surface area (Å²) in [5.74, 6) is -6.28. The second-order valence-corrected chi connectivity index (χ2v) is 30.6. The third kappa shape index (κ3) is 30.8. The highest BCUT2D eigenvalue weighted by Crippen LogP contribution is 2.29. The number of benzene rings is 13. The highest BCUT2D eigenvalue weighted by Gasteiger charge is 2.13. The number of methoxy groups -OCH3 is 2. The van der Waals surface area contributed by atoms with Gasteiger partial charge in [-0.15, -0.1) is 0 Å². The Bertz CT molecular complexity index is 6140. The van der Waals surface area contributed by atoms with Crippen molar-refractivity contribution in [3.63, 3.8) is 0 Å². The van der Waals surface area contributed by atoms with Gasteiger partial charge in [-0.1, -0.05) is 304 Å². The van der Waals surface area contributed by atoms with Crippen LogP contribution in [-0.4, -0.2) is 104 Å². The lowest BCUT2D eigenvalue weighted by atomic mass is 9.95. The molecule has 0 radical (unpaired) electrons. The van der Waals surface area contributed by atoms with Crippen LogP contribution in [0.5, 0.6) is 0 Å². The number of ether oxygens (including phenoxy) is 2. The van der Waals surface area contributed by atoms with Crippen LogP contribution in [0.1, 0.15) is 214 Å². The van der Waals surface area contributed by atoms with Gasteiger partial charge in [0.15, 0.2) is 11.6 Å². The molecule has 0 saturated carbocycles. The highest BCUT2D eigenvalue weighted by atomic mass is 16.5. The van der Waals surface area contributed by atoms with Gasteiger partial charge in [0, 0.05) is 11.1 Å². The van der Waals surface area contributed by atoms with Crippen molar-refractivity contribution >= 4 is 181 Å². The Morgan fingerprint density at radius 1 is 0.195 bits per heavy atom. The van der Waals surface area contributed by atoms with E-state index in [1.807, 2.05) is 285 Å². The van der Waals surface area contributed by atoms with Crippen molar-refractivity contribution in [2.75, 3.05) is 14.2 Å². The minimum absolute atomic E-state index is 0.0127. The van der Waals surface area contributed by atoms with E-state index >= 15 is 0 Å². The lowest BCUT2D eigenvalue weighted by molar-refractivity contribution is -0.137. The van der Waals surface area contributed by atoms with Crippen LogP contribution < -0.4 is 0 Å². The van der Waals surface area contributed by atoms with Gasteiger partial charge in [-0.25, -0.2) is 24.0 Å². The van der Waals surface area contributed by atoms with Crippen LogP contribution in [0.3, 0.4) is 0 Å². The molecule has 6 N–H and O–H groups in total. The zero-order valence-electron chi connectivity index (χ0n) is 73.0. The number of Topliss-reactive ketones (excluding diaryl/α,β-unsaturated/α-hetero) is 2. The van der Waals surface area contributed by atoms with E-state index < -0.39 is 47.8 Å². The molecule has 13 rings (SSSR count). The number of hydrogen-bond acceptors (Lipinski definition) is 12. The van der Waals surface area contributed by atoms with Crippen LogP contribution in [-0.2, 0) is 43.1 Å². The number of carbonyl (C=O) groups excluding carboxylic acids is 4. The molecule has 0 unspecified atom stereocenters. The van der Waals surface area contributed by atoms with Gasteiger partial charge in [0.2, 0.25) is 0 Å². The van der Waals surface area contributed by atoms with Crippen molar-refractivity contribution in [2.45, 2.75) is 33.1 Å². The second kappa shape index (κ2) is 47.8. The Kier molecular flexibility index (Phi) is 34.5. The molecule has 0 fully saturated rings. The van der Waals surface area contributed by atoms with Gasteiger partial charge in [-0.2, -0.15) is 0 Å². The summed E-state index contributed by atoms with van der Waals surface area (Å²) in [5.41, 5.74) is 23.7. The standard InChI is InChI=1S/C46H38O6.C36H30O6.C33H24O6/c1-31(47)37-17-5-33(6-18-37)13-25-41-29-43(27-15-35-9-21-39(22-10-35)45(49)51-3)44(28-16-36-11-23-40(24-12-36)46(50)52-4)30-42(41)26-14-34-7-19-38(20-8-34)32(2)48;37-34(38)22-28-10-1-25(2-11-28)7-16-31-19-32(17-8-26-3-12-29(13-4-26)23-35(39)40)21-33(20-31)18-9-27-5-14-30(15-6-27)24-36(41)42;34-31(35)28-13-7-22(8-14-28)1-4-25-19-26(5-2-23-9-15-29(16-10-23)32(36)37)21-27(20-25)6-3-24-11-17-30(18-12-24)33(38)39/h5-30H,1-4H3;1-21H,22-24H2,(H,37,38)(H,39,40)(H,41,42);1-21H,(H,34,35)(H,36,37)(H,38,39)/b25-13+,26-14+,27-15+,28-16+;16-7+,17-8+,18-9+;4-1+,5-2+,6-3+. The average Bonchev–Trinajstić information content (AvgIpc) is 0.853. The molecule has 0 aromatic heterocycles. The van der Waals surface area contributed by atoms with E-state index in [1.165, 1.54) is 14.2 Å². The van der Waals surface area contributed by atoms with E-state index in [9.17, 15) is 47.9 Å². The van der Waals surface area contributed by atoms with Gasteiger partial charge < -0.3 is 40.1 Å².